The van der Waals surface area contributed by atoms with E-state index in [0.29, 0.717) is 0 Å². The highest BCUT2D eigenvalue weighted by Crippen LogP contribution is 2.44. The van der Waals surface area contributed by atoms with Gasteiger partial charge in [-0.25, -0.2) is 17.2 Å². The zero-order valence-corrected chi connectivity index (χ0v) is 12.6. The second-order valence-corrected chi connectivity index (χ2v) is 6.98. The fourth-order valence-corrected chi connectivity index (χ4v) is 3.64. The molecule has 0 aliphatic carbocycles. The van der Waals surface area contributed by atoms with Crippen LogP contribution in [0.3, 0.4) is 0 Å². The quantitative estimate of drug-likeness (QED) is 0.674. The molecule has 0 amide bonds. The topological polar surface area (TPSA) is 52.6 Å². The summed E-state index contributed by atoms with van der Waals surface area (Å²) in [5.41, 5.74) is 0. The van der Waals surface area contributed by atoms with Crippen LogP contribution in [-0.2, 0) is 9.84 Å². The van der Waals surface area contributed by atoms with Gasteiger partial charge in [-0.15, -0.1) is 0 Å². The second kappa shape index (κ2) is 4.95. The minimum absolute atomic E-state index is 0.0878. The van der Waals surface area contributed by atoms with Crippen LogP contribution in [0.4, 0.5) is 8.78 Å². The highest BCUT2D eigenvalue weighted by molar-refractivity contribution is 7.91. The molecule has 7 heteroatoms. The normalized spacial score (nSPS) is 15.0. The molecule has 1 aliphatic rings. The van der Waals surface area contributed by atoms with E-state index in [1.807, 2.05) is 0 Å². The molecule has 2 aromatic carbocycles. The van der Waals surface area contributed by atoms with Gasteiger partial charge in [0, 0.05) is 18.2 Å². The third-order valence-corrected chi connectivity index (χ3v) is 4.88. The van der Waals surface area contributed by atoms with E-state index in [1.165, 1.54) is 0 Å². The molecule has 1 aliphatic heterocycles. The van der Waals surface area contributed by atoms with Crippen LogP contribution in [0.5, 0.6) is 17.2 Å². The van der Waals surface area contributed by atoms with Crippen molar-refractivity contribution in [3.05, 3.63) is 42.0 Å². The zero-order valence-electron chi connectivity index (χ0n) is 11.8. The van der Waals surface area contributed by atoms with Crippen LogP contribution in [0.25, 0.3) is 0 Å². The monoisotopic (exact) mass is 326 g/mol. The van der Waals surface area contributed by atoms with Gasteiger partial charge in [-0.3, -0.25) is 0 Å². The average molecular weight is 326 g/mol. The van der Waals surface area contributed by atoms with Crippen LogP contribution < -0.4 is 9.47 Å². The molecule has 0 fully saturated rings. The van der Waals surface area contributed by atoms with E-state index in [4.69, 9.17) is 9.47 Å². The smallest absolute Gasteiger partial charge is 0.214 e. The van der Waals surface area contributed by atoms with Gasteiger partial charge in [-0.1, -0.05) is 0 Å². The average Bonchev–Trinajstić information content (AvgIpc) is 2.40. The summed E-state index contributed by atoms with van der Waals surface area (Å²) in [5, 5.41) is 0. The summed E-state index contributed by atoms with van der Waals surface area (Å²) in [5.74, 6) is -1.77. The van der Waals surface area contributed by atoms with Crippen molar-refractivity contribution in [3.63, 3.8) is 0 Å². The fraction of sp³-hybridized carbons (Fsp3) is 0.200. The lowest BCUT2D eigenvalue weighted by atomic mass is 10.3. The van der Waals surface area contributed by atoms with Crippen LogP contribution in [-0.4, -0.2) is 14.5 Å². The van der Waals surface area contributed by atoms with Crippen LogP contribution in [0.2, 0.25) is 0 Å². The molecule has 0 radical (unpaired) electrons. The Kier molecular flexibility index (Phi) is 3.32. The van der Waals surface area contributed by atoms with Gasteiger partial charge in [0.2, 0.25) is 9.84 Å². The Labute approximate surface area is 126 Å². The number of sulfone groups is 1. The third kappa shape index (κ3) is 2.31. The van der Waals surface area contributed by atoms with Crippen molar-refractivity contribution in [1.82, 2.24) is 0 Å². The summed E-state index contributed by atoms with van der Waals surface area (Å²) in [6.07, 6.45) is -0.294. The Morgan fingerprint density at radius 2 is 1.73 bits per heavy atom. The Balaban J connectivity index is 2.19. The molecule has 22 heavy (non-hydrogen) atoms. The summed E-state index contributed by atoms with van der Waals surface area (Å²) in [7, 11) is -3.97. The number of rotatable bonds is 2. The molecule has 116 valence electrons. The molecule has 4 nitrogen and oxygen atoms in total. The lowest BCUT2D eigenvalue weighted by Crippen LogP contribution is -2.13. The molecule has 0 N–H and O–H groups in total. The van der Waals surface area contributed by atoms with Crippen molar-refractivity contribution in [2.24, 2.45) is 0 Å². The maximum absolute atomic E-state index is 14.0. The standard InChI is InChI=1S/C15H12F2O4S/c1-8(2)20-11-7-13-15(6-10(11)17)22(18,19)14-4-3-9(16)5-12(14)21-13/h3-8H,1-2H3. The first kappa shape index (κ1) is 14.8. The molecule has 3 rings (SSSR count). The molecule has 0 unspecified atom stereocenters. The number of fused-ring (bicyclic) bond motifs is 2. The van der Waals surface area contributed by atoms with Gasteiger partial charge >= 0.3 is 0 Å². The Bertz CT molecular complexity index is 860. The number of benzene rings is 2. The molecule has 0 saturated heterocycles. The van der Waals surface area contributed by atoms with Crippen molar-refractivity contribution in [2.45, 2.75) is 29.7 Å². The molecule has 1 heterocycles. The molecular weight excluding hydrogens is 314 g/mol. The van der Waals surface area contributed by atoms with Crippen molar-refractivity contribution < 1.29 is 26.7 Å². The fourth-order valence-electron chi connectivity index (χ4n) is 2.17. The first-order chi connectivity index (χ1) is 10.3. The van der Waals surface area contributed by atoms with E-state index in [2.05, 4.69) is 0 Å². The molecule has 0 atom stereocenters. The maximum atomic E-state index is 14.0. The number of ether oxygens (including phenoxy) is 2. The summed E-state index contributed by atoms with van der Waals surface area (Å²) >= 11 is 0. The minimum atomic E-state index is -3.97. The summed E-state index contributed by atoms with van der Waals surface area (Å²) < 4.78 is 62.9. The largest absolute Gasteiger partial charge is 0.488 e. The van der Waals surface area contributed by atoms with Crippen molar-refractivity contribution in [3.8, 4) is 17.2 Å². The SMILES string of the molecule is CC(C)Oc1cc2c(cc1F)S(=O)(=O)c1ccc(F)cc1O2. The summed E-state index contributed by atoms with van der Waals surface area (Å²) in [6.45, 7) is 3.42. The van der Waals surface area contributed by atoms with Crippen LogP contribution in [0.1, 0.15) is 13.8 Å². The van der Waals surface area contributed by atoms with Gasteiger partial charge in [0.15, 0.2) is 11.6 Å². The molecule has 2 aromatic rings. The van der Waals surface area contributed by atoms with E-state index in [1.54, 1.807) is 13.8 Å². The zero-order chi connectivity index (χ0) is 16.1. The first-order valence-electron chi connectivity index (χ1n) is 6.52. The predicted molar refractivity (Wildman–Crippen MR) is 74.1 cm³/mol. The van der Waals surface area contributed by atoms with Gasteiger partial charge in [0.05, 0.1) is 6.10 Å². The second-order valence-electron chi connectivity index (χ2n) is 5.09. The Morgan fingerprint density at radius 1 is 1.05 bits per heavy atom. The number of hydrogen-bond donors (Lipinski definition) is 0. The molecule has 0 aromatic heterocycles. The Hall–Kier alpha value is -2.15. The molecule has 0 bridgehead atoms. The molecular formula is C15H12F2O4S. The minimum Gasteiger partial charge on any atom is -0.488 e. The van der Waals surface area contributed by atoms with Crippen molar-refractivity contribution >= 4 is 9.84 Å². The van der Waals surface area contributed by atoms with Gasteiger partial charge in [-0.2, -0.15) is 0 Å². The van der Waals surface area contributed by atoms with Crippen LogP contribution in [0.15, 0.2) is 40.1 Å². The van der Waals surface area contributed by atoms with Gasteiger partial charge in [-0.05, 0) is 26.0 Å². The highest BCUT2D eigenvalue weighted by Gasteiger charge is 2.33. The molecule has 0 saturated carbocycles. The molecule has 0 spiro atoms. The number of hydrogen-bond acceptors (Lipinski definition) is 4. The van der Waals surface area contributed by atoms with E-state index >= 15 is 0 Å². The van der Waals surface area contributed by atoms with E-state index in [-0.39, 0.29) is 33.1 Å². The summed E-state index contributed by atoms with van der Waals surface area (Å²) in [4.78, 5) is -0.501. The van der Waals surface area contributed by atoms with Gasteiger partial charge < -0.3 is 9.47 Å². The predicted octanol–water partition coefficient (Wildman–Crippen LogP) is 3.69. The van der Waals surface area contributed by atoms with E-state index in [9.17, 15) is 17.2 Å². The highest BCUT2D eigenvalue weighted by atomic mass is 32.2. The van der Waals surface area contributed by atoms with E-state index in [0.717, 1.165) is 30.3 Å². The third-order valence-electron chi connectivity index (χ3n) is 3.07. The van der Waals surface area contributed by atoms with Gasteiger partial charge in [0.1, 0.15) is 27.1 Å². The lowest BCUT2D eigenvalue weighted by Gasteiger charge is -2.21. The van der Waals surface area contributed by atoms with Crippen molar-refractivity contribution in [2.75, 3.05) is 0 Å². The van der Waals surface area contributed by atoms with E-state index < -0.39 is 21.5 Å². The first-order valence-corrected chi connectivity index (χ1v) is 8.00. The number of halogens is 2. The van der Waals surface area contributed by atoms with Gasteiger partial charge in [0.25, 0.3) is 0 Å². The maximum Gasteiger partial charge on any atom is 0.214 e. The summed E-state index contributed by atoms with van der Waals surface area (Å²) in [6, 6.07) is 5.10. The Morgan fingerprint density at radius 3 is 2.41 bits per heavy atom. The van der Waals surface area contributed by atoms with Crippen LogP contribution in [0, 0.1) is 11.6 Å². The lowest BCUT2D eigenvalue weighted by molar-refractivity contribution is 0.229. The van der Waals surface area contributed by atoms with Crippen LogP contribution >= 0.6 is 0 Å². The van der Waals surface area contributed by atoms with Crippen molar-refractivity contribution in [1.29, 1.82) is 0 Å².